The molecule has 0 aromatic carbocycles. The molecule has 3 N–H and O–H groups in total. The van der Waals surface area contributed by atoms with Crippen LogP contribution in [-0.4, -0.2) is 28.7 Å². The minimum Gasteiger partial charge on any atom is -0.380 e. The molecule has 27 heavy (non-hydrogen) atoms. The van der Waals surface area contributed by atoms with Gasteiger partial charge in [0.25, 0.3) is 5.91 Å². The highest BCUT2D eigenvalue weighted by Gasteiger charge is 2.51. The van der Waals surface area contributed by atoms with E-state index in [-0.39, 0.29) is 5.41 Å². The molecule has 2 amide bonds. The summed E-state index contributed by atoms with van der Waals surface area (Å²) in [4.78, 5) is 25.3. The van der Waals surface area contributed by atoms with Crippen LogP contribution in [0.1, 0.15) is 60.6 Å². The zero-order valence-corrected chi connectivity index (χ0v) is 16.6. The number of nitrogens with one attached hydrogen (secondary N) is 2. The zero-order valence-electron chi connectivity index (χ0n) is 15.8. The number of alkyl halides is 3. The molecule has 0 unspecified atom stereocenters. The summed E-state index contributed by atoms with van der Waals surface area (Å²) in [5, 5.41) is 9.31. The fraction of sp³-hybridized carbons (Fsp3) is 0.667. The molecule has 0 bridgehead atoms. The van der Waals surface area contributed by atoms with E-state index < -0.39 is 30.0 Å². The third-order valence-electron chi connectivity index (χ3n) is 4.96. The predicted octanol–water partition coefficient (Wildman–Crippen LogP) is 3.36. The number of halogens is 3. The third-order valence-corrected chi connectivity index (χ3v) is 6.20. The Morgan fingerprint density at radius 3 is 2.41 bits per heavy atom. The highest BCUT2D eigenvalue weighted by molar-refractivity contribution is 7.14. The first kappa shape index (κ1) is 21.7. The summed E-state index contributed by atoms with van der Waals surface area (Å²) < 4.78 is 37.8. The second-order valence-electron chi connectivity index (χ2n) is 8.32. The van der Waals surface area contributed by atoms with Crippen molar-refractivity contribution in [3.05, 3.63) is 21.4 Å². The van der Waals surface area contributed by atoms with Crippen LogP contribution in [0.3, 0.4) is 0 Å². The molecule has 152 valence electrons. The number of aliphatic hydroxyl groups is 1. The fourth-order valence-electron chi connectivity index (χ4n) is 3.02. The molecule has 0 radical (unpaired) electrons. The number of rotatable bonds is 3. The number of thiophene rings is 1. The van der Waals surface area contributed by atoms with E-state index in [1.54, 1.807) is 6.07 Å². The summed E-state index contributed by atoms with van der Waals surface area (Å²) in [6, 6.07) is 1.78. The van der Waals surface area contributed by atoms with E-state index in [1.165, 1.54) is 11.3 Å². The van der Waals surface area contributed by atoms with Crippen LogP contribution in [0.25, 0.3) is 0 Å². The Morgan fingerprint density at radius 2 is 1.85 bits per heavy atom. The summed E-state index contributed by atoms with van der Waals surface area (Å²) in [5.41, 5.74) is 2.17. The highest BCUT2D eigenvalue weighted by Crippen LogP contribution is 2.40. The van der Waals surface area contributed by atoms with Crippen LogP contribution in [0.2, 0.25) is 0 Å². The van der Waals surface area contributed by atoms with Crippen molar-refractivity contribution in [2.45, 2.75) is 65.2 Å². The van der Waals surface area contributed by atoms with Crippen LogP contribution in [0.4, 0.5) is 13.2 Å². The Bertz CT molecular complexity index is 720. The maximum Gasteiger partial charge on any atom is 0.417 e. The van der Waals surface area contributed by atoms with Crippen molar-refractivity contribution in [2.24, 2.45) is 11.3 Å². The van der Waals surface area contributed by atoms with Crippen LogP contribution in [0.15, 0.2) is 6.07 Å². The summed E-state index contributed by atoms with van der Waals surface area (Å²) in [6.45, 7) is 7.07. The van der Waals surface area contributed by atoms with Gasteiger partial charge in [-0.1, -0.05) is 20.8 Å². The van der Waals surface area contributed by atoms with E-state index in [0.717, 1.165) is 29.7 Å². The van der Waals surface area contributed by atoms with Crippen molar-refractivity contribution in [2.75, 3.05) is 0 Å². The van der Waals surface area contributed by atoms with Gasteiger partial charge < -0.3 is 5.11 Å². The number of fused-ring (bicyclic) bond motifs is 1. The van der Waals surface area contributed by atoms with Crippen molar-refractivity contribution in [3.63, 3.8) is 0 Å². The van der Waals surface area contributed by atoms with Crippen molar-refractivity contribution in [1.29, 1.82) is 0 Å². The smallest absolute Gasteiger partial charge is 0.380 e. The van der Waals surface area contributed by atoms with E-state index in [9.17, 15) is 27.9 Å². The molecule has 1 aromatic heterocycles. The first-order valence-electron chi connectivity index (χ1n) is 8.70. The van der Waals surface area contributed by atoms with Crippen molar-refractivity contribution in [3.8, 4) is 0 Å². The number of aryl methyl sites for hydroxylation is 1. The molecule has 0 spiro atoms. The minimum absolute atomic E-state index is 0.172. The Hall–Kier alpha value is -1.61. The molecule has 1 aliphatic carbocycles. The van der Waals surface area contributed by atoms with Crippen LogP contribution in [0.5, 0.6) is 0 Å². The van der Waals surface area contributed by atoms with Gasteiger partial charge in [0.15, 0.2) is 5.60 Å². The molecule has 0 saturated heterocycles. The van der Waals surface area contributed by atoms with E-state index >= 15 is 0 Å². The summed E-state index contributed by atoms with van der Waals surface area (Å²) >= 11 is 1.33. The second kappa shape index (κ2) is 7.43. The molecule has 1 aliphatic rings. The molecule has 0 fully saturated rings. The molecule has 2 rings (SSSR count). The topological polar surface area (TPSA) is 78.4 Å². The number of hydrazine groups is 1. The molecule has 0 saturated carbocycles. The first-order valence-corrected chi connectivity index (χ1v) is 9.52. The number of amides is 2. The maximum absolute atomic E-state index is 12.6. The van der Waals surface area contributed by atoms with E-state index in [1.807, 2.05) is 5.43 Å². The standard InChI is InChI=1S/C18H25F3N2O3S/c1-16(2,3)11-5-6-12-10(7-11)8-13(27-12)15(25)23-22-14(24)9-17(4,26)18(19,20)21/h8,11,26H,5-7,9H2,1-4H3,(H,22,24)(H,23,25)/t11-,17+/m1/s1. The molecule has 1 aromatic rings. The van der Waals surface area contributed by atoms with Crippen LogP contribution in [0, 0.1) is 11.3 Å². The van der Waals surface area contributed by atoms with Gasteiger partial charge in [-0.15, -0.1) is 11.3 Å². The van der Waals surface area contributed by atoms with Gasteiger partial charge in [0.1, 0.15) is 0 Å². The Kier molecular flexibility index (Phi) is 5.96. The lowest BCUT2D eigenvalue weighted by Crippen LogP contribution is -2.49. The Morgan fingerprint density at radius 1 is 1.22 bits per heavy atom. The van der Waals surface area contributed by atoms with E-state index in [4.69, 9.17) is 0 Å². The molecule has 5 nitrogen and oxygen atoms in total. The van der Waals surface area contributed by atoms with Crippen LogP contribution >= 0.6 is 11.3 Å². The Balaban J connectivity index is 1.95. The molecular weight excluding hydrogens is 381 g/mol. The van der Waals surface area contributed by atoms with Crippen molar-refractivity contribution >= 4 is 23.2 Å². The SMILES string of the molecule is CC(C)(C)[C@@H]1CCc2sc(C(=O)NNC(=O)C[C@](C)(O)C(F)(F)F)cc2C1. The average molecular weight is 406 g/mol. The highest BCUT2D eigenvalue weighted by atomic mass is 32.1. The summed E-state index contributed by atoms with van der Waals surface area (Å²) in [6.07, 6.45) is -3.34. The number of carbonyl (C=O) groups excluding carboxylic acids is 2. The first-order chi connectivity index (χ1) is 12.2. The van der Waals surface area contributed by atoms with Gasteiger partial charge in [0.05, 0.1) is 11.3 Å². The molecule has 1 heterocycles. The Labute approximate surface area is 160 Å². The predicted molar refractivity (Wildman–Crippen MR) is 96.2 cm³/mol. The normalized spacial score (nSPS) is 19.8. The van der Waals surface area contributed by atoms with E-state index in [0.29, 0.717) is 17.7 Å². The van der Waals surface area contributed by atoms with Crippen molar-refractivity contribution in [1.82, 2.24) is 10.9 Å². The fourth-order valence-corrected chi connectivity index (χ4v) is 4.12. The lowest BCUT2D eigenvalue weighted by atomic mass is 9.72. The quantitative estimate of drug-likeness (QED) is 0.674. The van der Waals surface area contributed by atoms with Crippen molar-refractivity contribution < 1.29 is 27.9 Å². The monoisotopic (exact) mass is 406 g/mol. The van der Waals surface area contributed by atoms with E-state index in [2.05, 4.69) is 26.2 Å². The van der Waals surface area contributed by atoms with Gasteiger partial charge in [-0.2, -0.15) is 13.2 Å². The lowest BCUT2D eigenvalue weighted by Gasteiger charge is -2.33. The zero-order chi connectivity index (χ0) is 20.6. The number of hydrogen-bond donors (Lipinski definition) is 3. The minimum atomic E-state index is -4.94. The van der Waals surface area contributed by atoms with Crippen LogP contribution in [-0.2, 0) is 17.6 Å². The van der Waals surface area contributed by atoms with Crippen LogP contribution < -0.4 is 10.9 Å². The van der Waals surface area contributed by atoms with Gasteiger partial charge in [-0.05, 0) is 49.1 Å². The summed E-state index contributed by atoms with van der Waals surface area (Å²) in [5.74, 6) is -1.19. The summed E-state index contributed by atoms with van der Waals surface area (Å²) in [7, 11) is 0. The van der Waals surface area contributed by atoms with Gasteiger partial charge in [-0.25, -0.2) is 0 Å². The third kappa shape index (κ3) is 5.22. The lowest BCUT2D eigenvalue weighted by molar-refractivity contribution is -0.253. The largest absolute Gasteiger partial charge is 0.417 e. The molecule has 9 heteroatoms. The maximum atomic E-state index is 12.6. The molecule has 2 atom stereocenters. The van der Waals surface area contributed by atoms with Gasteiger partial charge in [0, 0.05) is 4.88 Å². The number of hydrogen-bond acceptors (Lipinski definition) is 4. The second-order valence-corrected chi connectivity index (χ2v) is 9.45. The molecule has 0 aliphatic heterocycles. The molecular formula is C18H25F3N2O3S. The van der Waals surface area contributed by atoms with Gasteiger partial charge in [-0.3, -0.25) is 20.4 Å². The number of carbonyl (C=O) groups is 2. The average Bonchev–Trinajstić information content (AvgIpc) is 2.93. The van der Waals surface area contributed by atoms with Gasteiger partial charge >= 0.3 is 6.18 Å². The van der Waals surface area contributed by atoms with Gasteiger partial charge in [0.2, 0.25) is 5.91 Å².